The number of nitrogen functional groups attached to an aromatic ring is 1. The number of carbonyl (C=O) groups is 1. The van der Waals surface area contributed by atoms with Crippen LogP contribution >= 0.6 is 11.8 Å². The summed E-state index contributed by atoms with van der Waals surface area (Å²) in [5.41, 5.74) is 7.22. The fourth-order valence-corrected chi connectivity index (χ4v) is 3.20. The molecule has 2 rings (SSSR count). The summed E-state index contributed by atoms with van der Waals surface area (Å²) in [6, 6.07) is 13.6. The van der Waals surface area contributed by atoms with Gasteiger partial charge in [-0.25, -0.2) is 13.6 Å². The van der Waals surface area contributed by atoms with E-state index in [0.29, 0.717) is 24.4 Å². The largest absolute Gasteiger partial charge is 0.399 e. The number of hydrogen-bond acceptors (Lipinski definition) is 5. The molecular weight excluding hydrogens is 346 g/mol. The highest BCUT2D eigenvalue weighted by Gasteiger charge is 2.07. The van der Waals surface area contributed by atoms with Gasteiger partial charge in [-0.05, 0) is 48.4 Å². The van der Waals surface area contributed by atoms with Crippen molar-refractivity contribution in [2.45, 2.75) is 16.2 Å². The molecule has 0 saturated carbocycles. The topological polar surface area (TPSA) is 115 Å². The van der Waals surface area contributed by atoms with E-state index in [9.17, 15) is 13.2 Å². The highest BCUT2D eigenvalue weighted by molar-refractivity contribution is 8.00. The Morgan fingerprint density at radius 2 is 1.67 bits per heavy atom. The lowest BCUT2D eigenvalue weighted by atomic mass is 10.1. The molecule has 0 saturated heterocycles. The second kappa shape index (κ2) is 8.18. The van der Waals surface area contributed by atoms with Crippen molar-refractivity contribution >= 4 is 33.4 Å². The Morgan fingerprint density at radius 3 is 2.25 bits per heavy atom. The maximum absolute atomic E-state index is 11.8. The van der Waals surface area contributed by atoms with Crippen molar-refractivity contribution in [2.24, 2.45) is 5.14 Å². The molecule has 2 aromatic carbocycles. The molecule has 0 unspecified atom stereocenters. The summed E-state index contributed by atoms with van der Waals surface area (Å²) in [5, 5.41) is 7.87. The standard InChI is InChI=1S/C16H19N3O3S2/c17-13-3-5-14(6-4-13)23-11-16(20)19-10-9-12-1-7-15(8-2-12)24(18,21)22/h1-8H,9-11,17H2,(H,19,20)(H2,18,21,22). The predicted molar refractivity (Wildman–Crippen MR) is 96.1 cm³/mol. The summed E-state index contributed by atoms with van der Waals surface area (Å²) < 4.78 is 22.3. The van der Waals surface area contributed by atoms with E-state index < -0.39 is 10.0 Å². The van der Waals surface area contributed by atoms with E-state index in [1.165, 1.54) is 23.9 Å². The highest BCUT2D eigenvalue weighted by atomic mass is 32.2. The third-order valence-corrected chi connectivity index (χ3v) is 5.18. The molecule has 0 aliphatic heterocycles. The van der Waals surface area contributed by atoms with Crippen LogP contribution in [0.2, 0.25) is 0 Å². The minimum atomic E-state index is -3.67. The quantitative estimate of drug-likeness (QED) is 0.506. The second-order valence-electron chi connectivity index (χ2n) is 5.15. The van der Waals surface area contributed by atoms with Crippen molar-refractivity contribution in [3.8, 4) is 0 Å². The predicted octanol–water partition coefficient (Wildman–Crippen LogP) is 1.37. The molecule has 0 radical (unpaired) electrons. The Hall–Kier alpha value is -2.03. The lowest BCUT2D eigenvalue weighted by Gasteiger charge is -2.06. The number of hydrogen-bond donors (Lipinski definition) is 3. The number of carbonyl (C=O) groups excluding carboxylic acids is 1. The van der Waals surface area contributed by atoms with E-state index in [2.05, 4.69) is 5.32 Å². The van der Waals surface area contributed by atoms with E-state index in [0.717, 1.165) is 10.5 Å². The third-order valence-electron chi connectivity index (χ3n) is 3.24. The molecule has 0 aliphatic rings. The minimum absolute atomic E-state index is 0.0574. The average Bonchev–Trinajstić information content (AvgIpc) is 2.54. The molecular formula is C16H19N3O3S2. The average molecular weight is 365 g/mol. The van der Waals surface area contributed by atoms with Crippen LogP contribution < -0.4 is 16.2 Å². The number of benzene rings is 2. The minimum Gasteiger partial charge on any atom is -0.399 e. The van der Waals surface area contributed by atoms with Gasteiger partial charge in [-0.15, -0.1) is 11.8 Å². The van der Waals surface area contributed by atoms with Crippen LogP contribution in [0.3, 0.4) is 0 Å². The number of amides is 1. The van der Waals surface area contributed by atoms with Crippen molar-refractivity contribution in [1.82, 2.24) is 5.32 Å². The van der Waals surface area contributed by atoms with E-state index in [4.69, 9.17) is 10.9 Å². The molecule has 0 atom stereocenters. The van der Waals surface area contributed by atoms with Crippen molar-refractivity contribution < 1.29 is 13.2 Å². The van der Waals surface area contributed by atoms with Crippen LogP contribution in [-0.4, -0.2) is 26.6 Å². The van der Waals surface area contributed by atoms with E-state index in [-0.39, 0.29) is 10.8 Å². The summed E-state index contributed by atoms with van der Waals surface area (Å²) >= 11 is 1.44. The molecule has 5 N–H and O–H groups in total. The van der Waals surface area contributed by atoms with Gasteiger partial charge < -0.3 is 11.1 Å². The molecule has 128 valence electrons. The second-order valence-corrected chi connectivity index (χ2v) is 7.76. The first-order chi connectivity index (χ1) is 11.3. The van der Waals surface area contributed by atoms with E-state index in [1.807, 2.05) is 12.1 Å². The van der Waals surface area contributed by atoms with Gasteiger partial charge in [0.2, 0.25) is 15.9 Å². The lowest BCUT2D eigenvalue weighted by Crippen LogP contribution is -2.27. The highest BCUT2D eigenvalue weighted by Crippen LogP contribution is 2.18. The zero-order valence-corrected chi connectivity index (χ0v) is 14.6. The normalized spacial score (nSPS) is 11.2. The van der Waals surface area contributed by atoms with E-state index >= 15 is 0 Å². The first-order valence-electron chi connectivity index (χ1n) is 7.21. The number of thioether (sulfide) groups is 1. The molecule has 1 amide bonds. The van der Waals surface area contributed by atoms with Crippen molar-refractivity contribution in [1.29, 1.82) is 0 Å². The summed E-state index contributed by atoms with van der Waals surface area (Å²) in [7, 11) is -3.67. The first-order valence-corrected chi connectivity index (χ1v) is 9.74. The van der Waals surface area contributed by atoms with Crippen LogP contribution in [-0.2, 0) is 21.2 Å². The van der Waals surface area contributed by atoms with Crippen LogP contribution in [0, 0.1) is 0 Å². The van der Waals surface area contributed by atoms with Gasteiger partial charge in [0.1, 0.15) is 0 Å². The van der Waals surface area contributed by atoms with Crippen LogP contribution in [0.25, 0.3) is 0 Å². The number of sulfonamides is 1. The summed E-state index contributed by atoms with van der Waals surface area (Å²) in [6.07, 6.45) is 0.614. The fourth-order valence-electron chi connectivity index (χ4n) is 1.96. The summed E-state index contributed by atoms with van der Waals surface area (Å²) in [6.45, 7) is 0.482. The molecule has 0 aliphatic carbocycles. The number of nitrogens with one attached hydrogen (secondary N) is 1. The van der Waals surface area contributed by atoms with Crippen LogP contribution in [0.15, 0.2) is 58.3 Å². The molecule has 0 spiro atoms. The maximum atomic E-state index is 11.8. The van der Waals surface area contributed by atoms with Gasteiger partial charge in [0.05, 0.1) is 10.6 Å². The lowest BCUT2D eigenvalue weighted by molar-refractivity contribution is -0.118. The van der Waals surface area contributed by atoms with Gasteiger partial charge in [-0.2, -0.15) is 0 Å². The molecule has 6 nitrogen and oxygen atoms in total. The van der Waals surface area contributed by atoms with Gasteiger partial charge >= 0.3 is 0 Å². The molecule has 8 heteroatoms. The van der Waals surface area contributed by atoms with Crippen LogP contribution in [0.1, 0.15) is 5.56 Å². The number of rotatable bonds is 7. The third kappa shape index (κ3) is 5.88. The van der Waals surface area contributed by atoms with Crippen LogP contribution in [0.5, 0.6) is 0 Å². The SMILES string of the molecule is Nc1ccc(SCC(=O)NCCc2ccc(S(N)(=O)=O)cc2)cc1. The Morgan fingerprint density at radius 1 is 1.04 bits per heavy atom. The van der Waals surface area contributed by atoms with Crippen molar-refractivity contribution in [3.05, 3.63) is 54.1 Å². The Balaban J connectivity index is 1.73. The van der Waals surface area contributed by atoms with Gasteiger partial charge in [-0.3, -0.25) is 4.79 Å². The first kappa shape index (κ1) is 18.3. The fraction of sp³-hybridized carbons (Fsp3) is 0.188. The zero-order chi connectivity index (χ0) is 17.6. The van der Waals surface area contributed by atoms with Crippen molar-refractivity contribution in [2.75, 3.05) is 18.0 Å². The smallest absolute Gasteiger partial charge is 0.238 e. The van der Waals surface area contributed by atoms with E-state index in [1.54, 1.807) is 24.3 Å². The molecule has 0 aromatic heterocycles. The van der Waals surface area contributed by atoms with Gasteiger partial charge in [0, 0.05) is 17.1 Å². The molecule has 0 bridgehead atoms. The molecule has 0 fully saturated rings. The Bertz CT molecular complexity index is 788. The Kier molecular flexibility index (Phi) is 6.24. The summed E-state index contributed by atoms with van der Waals surface area (Å²) in [4.78, 5) is 12.9. The van der Waals surface area contributed by atoms with Crippen molar-refractivity contribution in [3.63, 3.8) is 0 Å². The Labute approximate surface area is 145 Å². The molecule has 24 heavy (non-hydrogen) atoms. The maximum Gasteiger partial charge on any atom is 0.238 e. The zero-order valence-electron chi connectivity index (χ0n) is 12.9. The number of nitrogens with two attached hydrogens (primary N) is 2. The van der Waals surface area contributed by atoms with Gasteiger partial charge in [-0.1, -0.05) is 12.1 Å². The van der Waals surface area contributed by atoms with Gasteiger partial charge in [0.25, 0.3) is 0 Å². The number of primary sulfonamides is 1. The van der Waals surface area contributed by atoms with Crippen LogP contribution in [0.4, 0.5) is 5.69 Å². The number of anilines is 1. The monoisotopic (exact) mass is 365 g/mol. The summed E-state index contributed by atoms with van der Waals surface area (Å²) in [5.74, 6) is 0.270. The molecule has 2 aromatic rings. The molecule has 0 heterocycles. The van der Waals surface area contributed by atoms with Gasteiger partial charge in [0.15, 0.2) is 0 Å².